The molecular formula is C15H14BrClN2O. The summed E-state index contributed by atoms with van der Waals surface area (Å²) in [6, 6.07) is 12.6. The van der Waals surface area contributed by atoms with Crippen LogP contribution in [-0.2, 0) is 0 Å². The Hall–Kier alpha value is -1.52. The fourth-order valence-electron chi connectivity index (χ4n) is 1.82. The van der Waals surface area contributed by atoms with Crippen molar-refractivity contribution < 1.29 is 4.79 Å². The zero-order chi connectivity index (χ0) is 14.7. The Labute approximate surface area is 131 Å². The number of nitrogens with one attached hydrogen (secondary N) is 1. The van der Waals surface area contributed by atoms with Crippen LogP contribution in [0.5, 0.6) is 0 Å². The lowest BCUT2D eigenvalue weighted by atomic mass is 10.1. The van der Waals surface area contributed by atoms with Crippen molar-refractivity contribution in [3.8, 4) is 0 Å². The van der Waals surface area contributed by atoms with Crippen molar-refractivity contribution in [2.75, 3.05) is 5.73 Å². The Bertz CT molecular complexity index is 646. The van der Waals surface area contributed by atoms with E-state index in [1.54, 1.807) is 18.2 Å². The minimum atomic E-state index is -0.180. The molecule has 104 valence electrons. The van der Waals surface area contributed by atoms with Gasteiger partial charge in [-0.15, -0.1) is 0 Å². The molecule has 0 fully saturated rings. The quantitative estimate of drug-likeness (QED) is 0.813. The maximum absolute atomic E-state index is 12.2. The van der Waals surface area contributed by atoms with Crippen molar-refractivity contribution in [2.45, 2.75) is 13.0 Å². The molecule has 0 aliphatic rings. The second kappa shape index (κ2) is 6.29. The van der Waals surface area contributed by atoms with Crippen molar-refractivity contribution in [2.24, 2.45) is 0 Å². The molecule has 0 saturated carbocycles. The Morgan fingerprint density at radius 2 is 2.05 bits per heavy atom. The second-order valence-corrected chi connectivity index (χ2v) is 5.81. The van der Waals surface area contributed by atoms with Crippen molar-refractivity contribution in [3.05, 3.63) is 63.1 Å². The van der Waals surface area contributed by atoms with Crippen LogP contribution in [0.15, 0.2) is 46.9 Å². The van der Waals surface area contributed by atoms with Gasteiger partial charge < -0.3 is 11.1 Å². The molecule has 0 spiro atoms. The van der Waals surface area contributed by atoms with Gasteiger partial charge >= 0.3 is 0 Å². The summed E-state index contributed by atoms with van der Waals surface area (Å²) in [6.45, 7) is 1.93. The smallest absolute Gasteiger partial charge is 0.251 e. The summed E-state index contributed by atoms with van der Waals surface area (Å²) >= 11 is 9.26. The molecule has 2 aromatic rings. The summed E-state index contributed by atoms with van der Waals surface area (Å²) in [5, 5.41) is 3.37. The van der Waals surface area contributed by atoms with E-state index >= 15 is 0 Å². The van der Waals surface area contributed by atoms with E-state index < -0.39 is 0 Å². The number of carbonyl (C=O) groups is 1. The first kappa shape index (κ1) is 14.9. The third-order valence-electron chi connectivity index (χ3n) is 2.95. The van der Waals surface area contributed by atoms with E-state index in [9.17, 15) is 4.79 Å². The Morgan fingerprint density at radius 3 is 2.70 bits per heavy atom. The lowest BCUT2D eigenvalue weighted by Crippen LogP contribution is -2.26. The number of benzene rings is 2. The molecule has 0 unspecified atom stereocenters. The van der Waals surface area contributed by atoms with Crippen LogP contribution in [0.25, 0.3) is 0 Å². The summed E-state index contributed by atoms with van der Waals surface area (Å²) in [4.78, 5) is 12.2. The summed E-state index contributed by atoms with van der Waals surface area (Å²) in [7, 11) is 0. The minimum absolute atomic E-state index is 0.100. The van der Waals surface area contributed by atoms with E-state index in [0.717, 1.165) is 10.0 Å². The molecule has 1 amide bonds. The third kappa shape index (κ3) is 3.52. The van der Waals surface area contributed by atoms with E-state index in [-0.39, 0.29) is 11.9 Å². The zero-order valence-electron chi connectivity index (χ0n) is 10.9. The van der Waals surface area contributed by atoms with Gasteiger partial charge in [-0.05, 0) is 42.8 Å². The molecule has 0 aromatic heterocycles. The molecule has 3 N–H and O–H groups in total. The highest BCUT2D eigenvalue weighted by molar-refractivity contribution is 9.10. The number of anilines is 1. The lowest BCUT2D eigenvalue weighted by molar-refractivity contribution is 0.0940. The largest absolute Gasteiger partial charge is 0.398 e. The van der Waals surface area contributed by atoms with E-state index in [2.05, 4.69) is 21.2 Å². The molecule has 3 nitrogen and oxygen atoms in total. The number of hydrogen-bond donors (Lipinski definition) is 2. The van der Waals surface area contributed by atoms with Gasteiger partial charge in [-0.3, -0.25) is 4.79 Å². The summed E-state index contributed by atoms with van der Waals surface area (Å²) < 4.78 is 0.979. The highest BCUT2D eigenvalue weighted by atomic mass is 79.9. The highest BCUT2D eigenvalue weighted by Crippen LogP contribution is 2.21. The second-order valence-electron chi connectivity index (χ2n) is 4.49. The topological polar surface area (TPSA) is 55.1 Å². The average molecular weight is 354 g/mol. The molecule has 1 atom stereocenters. The number of rotatable bonds is 3. The SMILES string of the molecule is C[C@@H](NC(=O)c1ccc(Cl)c(N)c1)c1cccc(Br)c1. The Balaban J connectivity index is 2.13. The Morgan fingerprint density at radius 1 is 1.30 bits per heavy atom. The van der Waals surface area contributed by atoms with Crippen LogP contribution in [0, 0.1) is 0 Å². The third-order valence-corrected chi connectivity index (χ3v) is 3.79. The average Bonchev–Trinajstić information content (AvgIpc) is 2.41. The van der Waals surface area contributed by atoms with Gasteiger partial charge in [-0.25, -0.2) is 0 Å². The predicted molar refractivity (Wildman–Crippen MR) is 85.9 cm³/mol. The van der Waals surface area contributed by atoms with Gasteiger partial charge in [0.2, 0.25) is 0 Å². The molecule has 2 aromatic carbocycles. The molecule has 5 heteroatoms. The van der Waals surface area contributed by atoms with Gasteiger partial charge in [0.05, 0.1) is 16.8 Å². The van der Waals surface area contributed by atoms with Crippen LogP contribution in [0.2, 0.25) is 5.02 Å². The van der Waals surface area contributed by atoms with E-state index in [0.29, 0.717) is 16.3 Å². The van der Waals surface area contributed by atoms with Crippen LogP contribution in [0.1, 0.15) is 28.9 Å². The van der Waals surface area contributed by atoms with Crippen LogP contribution in [-0.4, -0.2) is 5.91 Å². The van der Waals surface area contributed by atoms with Gasteiger partial charge in [0.25, 0.3) is 5.91 Å². The van der Waals surface area contributed by atoms with Gasteiger partial charge in [0.15, 0.2) is 0 Å². The summed E-state index contributed by atoms with van der Waals surface area (Å²) in [5.41, 5.74) is 7.62. The van der Waals surface area contributed by atoms with Crippen LogP contribution < -0.4 is 11.1 Å². The molecule has 0 heterocycles. The fourth-order valence-corrected chi connectivity index (χ4v) is 2.36. The van der Waals surface area contributed by atoms with E-state index in [1.165, 1.54) is 0 Å². The number of hydrogen-bond acceptors (Lipinski definition) is 2. The van der Waals surface area contributed by atoms with Crippen LogP contribution >= 0.6 is 27.5 Å². The monoisotopic (exact) mass is 352 g/mol. The van der Waals surface area contributed by atoms with E-state index in [4.69, 9.17) is 17.3 Å². The lowest BCUT2D eigenvalue weighted by Gasteiger charge is -2.15. The van der Waals surface area contributed by atoms with Gasteiger partial charge in [-0.2, -0.15) is 0 Å². The first-order valence-corrected chi connectivity index (χ1v) is 7.26. The van der Waals surface area contributed by atoms with Crippen molar-refractivity contribution >= 4 is 39.1 Å². The maximum Gasteiger partial charge on any atom is 0.251 e. The van der Waals surface area contributed by atoms with Gasteiger partial charge in [-0.1, -0.05) is 39.7 Å². The maximum atomic E-state index is 12.2. The first-order chi connectivity index (χ1) is 9.47. The van der Waals surface area contributed by atoms with Crippen LogP contribution in [0.3, 0.4) is 0 Å². The van der Waals surface area contributed by atoms with Crippen molar-refractivity contribution in [1.82, 2.24) is 5.32 Å². The van der Waals surface area contributed by atoms with Crippen molar-refractivity contribution in [3.63, 3.8) is 0 Å². The van der Waals surface area contributed by atoms with Crippen LogP contribution in [0.4, 0.5) is 5.69 Å². The summed E-state index contributed by atoms with van der Waals surface area (Å²) in [5.74, 6) is -0.180. The van der Waals surface area contributed by atoms with Gasteiger partial charge in [0.1, 0.15) is 0 Å². The molecule has 0 bridgehead atoms. The number of carbonyl (C=O) groups excluding carboxylic acids is 1. The number of halogens is 2. The standard InChI is InChI=1S/C15H14BrClN2O/c1-9(10-3-2-4-12(16)7-10)19-15(20)11-5-6-13(17)14(18)8-11/h2-9H,18H2,1H3,(H,19,20)/t9-/m1/s1. The summed E-state index contributed by atoms with van der Waals surface area (Å²) in [6.07, 6.45) is 0. The molecule has 0 radical (unpaired) electrons. The molecule has 20 heavy (non-hydrogen) atoms. The van der Waals surface area contributed by atoms with Gasteiger partial charge in [0, 0.05) is 10.0 Å². The first-order valence-electron chi connectivity index (χ1n) is 6.08. The molecule has 0 saturated heterocycles. The number of nitrogen functional groups attached to an aromatic ring is 1. The molecule has 2 rings (SSSR count). The normalized spacial score (nSPS) is 11.9. The molecule has 0 aliphatic carbocycles. The number of amides is 1. The fraction of sp³-hybridized carbons (Fsp3) is 0.133. The predicted octanol–water partition coefficient (Wildman–Crippen LogP) is 4.18. The molecule has 0 aliphatic heterocycles. The Kier molecular flexibility index (Phi) is 4.68. The zero-order valence-corrected chi connectivity index (χ0v) is 13.2. The van der Waals surface area contributed by atoms with Crippen molar-refractivity contribution in [1.29, 1.82) is 0 Å². The molecular weight excluding hydrogens is 340 g/mol. The van der Waals surface area contributed by atoms with E-state index in [1.807, 2.05) is 31.2 Å². The minimum Gasteiger partial charge on any atom is -0.398 e. The highest BCUT2D eigenvalue weighted by Gasteiger charge is 2.12. The number of nitrogens with two attached hydrogens (primary N) is 1.